The van der Waals surface area contributed by atoms with Crippen molar-refractivity contribution in [2.75, 3.05) is 25.7 Å². The van der Waals surface area contributed by atoms with Gasteiger partial charge in [0, 0.05) is 17.8 Å². The van der Waals surface area contributed by atoms with E-state index in [4.69, 9.17) is 0 Å². The van der Waals surface area contributed by atoms with E-state index in [0.717, 1.165) is 19.1 Å². The van der Waals surface area contributed by atoms with Gasteiger partial charge in [0.05, 0.1) is 12.9 Å². The van der Waals surface area contributed by atoms with Crippen LogP contribution in [0.15, 0.2) is 0 Å². The van der Waals surface area contributed by atoms with Crippen molar-refractivity contribution < 1.29 is 18.3 Å². The molecule has 1 aliphatic rings. The lowest BCUT2D eigenvalue weighted by molar-refractivity contribution is -0.126. The van der Waals surface area contributed by atoms with Crippen molar-refractivity contribution in [3.63, 3.8) is 0 Å². The maximum Gasteiger partial charge on any atom is 0.238 e. The number of carbonyl (C=O) groups excluding carboxylic acids is 1. The lowest BCUT2D eigenvalue weighted by atomic mass is 10.0. The Hall–Kier alpha value is -0.310. The van der Waals surface area contributed by atoms with Gasteiger partial charge in [0.25, 0.3) is 0 Å². The fourth-order valence-corrected chi connectivity index (χ4v) is 4.16. The maximum absolute atomic E-state index is 12.3. The number of nitrogens with zero attached hydrogens (tertiary/aromatic N) is 1. The Morgan fingerprint density at radius 3 is 2.65 bits per heavy atom. The molecular formula is C12H24N2O4S2. The number of hydrogen-bond acceptors (Lipinski definition) is 5. The largest absolute Gasteiger partial charge is 0.395 e. The Morgan fingerprint density at radius 1 is 1.50 bits per heavy atom. The molecule has 1 heterocycles. The number of amides is 1. The maximum atomic E-state index is 12.3. The SMILES string of the molecule is CSC(CO)C(C)NC(=O)C1CCCCN1S(C)(=O)=O. The molecule has 118 valence electrons. The van der Waals surface area contributed by atoms with E-state index in [9.17, 15) is 18.3 Å². The molecule has 6 nitrogen and oxygen atoms in total. The third-order valence-corrected chi connectivity index (χ3v) is 6.04. The number of rotatable bonds is 6. The molecule has 2 N–H and O–H groups in total. The summed E-state index contributed by atoms with van der Waals surface area (Å²) in [7, 11) is -3.37. The van der Waals surface area contributed by atoms with Crippen LogP contribution in [0.5, 0.6) is 0 Å². The molecule has 0 aromatic heterocycles. The summed E-state index contributed by atoms with van der Waals surface area (Å²) in [5, 5.41) is 12.0. The van der Waals surface area contributed by atoms with E-state index in [-0.39, 0.29) is 23.8 Å². The van der Waals surface area contributed by atoms with Crippen LogP contribution >= 0.6 is 11.8 Å². The normalized spacial score (nSPS) is 24.1. The van der Waals surface area contributed by atoms with Gasteiger partial charge in [-0.3, -0.25) is 4.79 Å². The number of sulfonamides is 1. The molecule has 1 amide bonds. The van der Waals surface area contributed by atoms with Crippen molar-refractivity contribution in [2.24, 2.45) is 0 Å². The first-order valence-corrected chi connectivity index (χ1v) is 9.85. The van der Waals surface area contributed by atoms with E-state index in [2.05, 4.69) is 5.32 Å². The minimum Gasteiger partial charge on any atom is -0.395 e. The van der Waals surface area contributed by atoms with Crippen LogP contribution < -0.4 is 5.32 Å². The quantitative estimate of drug-likeness (QED) is 0.720. The average molecular weight is 324 g/mol. The molecule has 0 aromatic carbocycles. The van der Waals surface area contributed by atoms with Gasteiger partial charge in [0.15, 0.2) is 0 Å². The van der Waals surface area contributed by atoms with Gasteiger partial charge in [0.2, 0.25) is 15.9 Å². The van der Waals surface area contributed by atoms with Crippen molar-refractivity contribution in [3.8, 4) is 0 Å². The summed E-state index contributed by atoms with van der Waals surface area (Å²) in [4.78, 5) is 12.3. The number of nitrogens with one attached hydrogen (secondary N) is 1. The second kappa shape index (κ2) is 7.63. The predicted molar refractivity (Wildman–Crippen MR) is 81.2 cm³/mol. The van der Waals surface area contributed by atoms with Crippen molar-refractivity contribution in [1.29, 1.82) is 0 Å². The lowest BCUT2D eigenvalue weighted by Crippen LogP contribution is -2.54. The van der Waals surface area contributed by atoms with Gasteiger partial charge < -0.3 is 10.4 Å². The minimum atomic E-state index is -3.37. The number of piperidine rings is 1. The van der Waals surface area contributed by atoms with Crippen LogP contribution in [0.4, 0.5) is 0 Å². The van der Waals surface area contributed by atoms with E-state index < -0.39 is 16.1 Å². The second-order valence-electron chi connectivity index (χ2n) is 5.14. The van der Waals surface area contributed by atoms with Crippen LogP contribution in [-0.2, 0) is 14.8 Å². The highest BCUT2D eigenvalue weighted by atomic mass is 32.2. The van der Waals surface area contributed by atoms with Gasteiger partial charge in [0.1, 0.15) is 6.04 Å². The first-order valence-electron chi connectivity index (χ1n) is 6.72. The molecule has 3 atom stereocenters. The smallest absolute Gasteiger partial charge is 0.238 e. The fraction of sp³-hybridized carbons (Fsp3) is 0.917. The molecule has 0 aromatic rings. The third-order valence-electron chi connectivity index (χ3n) is 3.59. The van der Waals surface area contributed by atoms with Crippen LogP contribution in [0.3, 0.4) is 0 Å². The molecular weight excluding hydrogens is 300 g/mol. The van der Waals surface area contributed by atoms with Gasteiger partial charge in [-0.2, -0.15) is 16.1 Å². The summed E-state index contributed by atoms with van der Waals surface area (Å²) in [6.45, 7) is 2.20. The number of thioether (sulfide) groups is 1. The van der Waals surface area contributed by atoms with Crippen LogP contribution in [0.1, 0.15) is 26.2 Å². The van der Waals surface area contributed by atoms with Crippen molar-refractivity contribution in [1.82, 2.24) is 9.62 Å². The lowest BCUT2D eigenvalue weighted by Gasteiger charge is -2.34. The molecule has 0 bridgehead atoms. The van der Waals surface area contributed by atoms with Crippen molar-refractivity contribution >= 4 is 27.7 Å². The Kier molecular flexibility index (Phi) is 6.77. The zero-order valence-corrected chi connectivity index (χ0v) is 13.8. The van der Waals surface area contributed by atoms with Gasteiger partial charge >= 0.3 is 0 Å². The van der Waals surface area contributed by atoms with Crippen LogP contribution in [0.25, 0.3) is 0 Å². The molecule has 1 fully saturated rings. The van der Waals surface area contributed by atoms with Crippen LogP contribution in [0.2, 0.25) is 0 Å². The topological polar surface area (TPSA) is 86.7 Å². The highest BCUT2D eigenvalue weighted by Gasteiger charge is 2.35. The summed E-state index contributed by atoms with van der Waals surface area (Å²) in [5.74, 6) is -0.268. The van der Waals surface area contributed by atoms with Gasteiger partial charge in [-0.15, -0.1) is 0 Å². The summed E-state index contributed by atoms with van der Waals surface area (Å²) in [6, 6.07) is -0.826. The van der Waals surface area contributed by atoms with E-state index >= 15 is 0 Å². The summed E-state index contributed by atoms with van der Waals surface area (Å²) in [5.41, 5.74) is 0. The Bertz CT molecular complexity index is 423. The van der Waals surface area contributed by atoms with Gasteiger partial charge in [-0.05, 0) is 26.0 Å². The molecule has 0 radical (unpaired) electrons. The van der Waals surface area contributed by atoms with E-state index in [1.807, 2.05) is 13.2 Å². The minimum absolute atomic E-state index is 0.0247. The summed E-state index contributed by atoms with van der Waals surface area (Å²) in [6.07, 6.45) is 5.20. The molecule has 1 aliphatic heterocycles. The summed E-state index contributed by atoms with van der Waals surface area (Å²) >= 11 is 1.48. The molecule has 0 spiro atoms. The highest BCUT2D eigenvalue weighted by molar-refractivity contribution is 7.99. The Labute approximate surface area is 125 Å². The van der Waals surface area contributed by atoms with E-state index in [1.165, 1.54) is 16.1 Å². The van der Waals surface area contributed by atoms with Crippen molar-refractivity contribution in [3.05, 3.63) is 0 Å². The van der Waals surface area contributed by atoms with Crippen molar-refractivity contribution in [2.45, 2.75) is 43.5 Å². The van der Waals surface area contributed by atoms with Gasteiger partial charge in [-0.25, -0.2) is 8.42 Å². The molecule has 20 heavy (non-hydrogen) atoms. The number of carbonyl (C=O) groups is 1. The third kappa shape index (κ3) is 4.61. The van der Waals surface area contributed by atoms with E-state index in [1.54, 1.807) is 0 Å². The zero-order chi connectivity index (χ0) is 15.3. The number of aliphatic hydroxyl groups is 1. The van der Waals surface area contributed by atoms with Crippen LogP contribution in [0, 0.1) is 0 Å². The standard InChI is InChI=1S/C12H24N2O4S2/c1-9(11(8-15)19-2)13-12(16)10-6-4-5-7-14(10)20(3,17)18/h9-11,15H,4-8H2,1-3H3,(H,13,16). The first kappa shape index (κ1) is 17.7. The van der Waals surface area contributed by atoms with Gasteiger partial charge in [-0.1, -0.05) is 6.42 Å². The Morgan fingerprint density at radius 2 is 2.15 bits per heavy atom. The molecule has 8 heteroatoms. The monoisotopic (exact) mass is 324 g/mol. The molecule has 1 saturated heterocycles. The Balaban J connectivity index is 2.74. The molecule has 0 aliphatic carbocycles. The molecule has 0 saturated carbocycles. The number of aliphatic hydroxyl groups excluding tert-OH is 1. The highest BCUT2D eigenvalue weighted by Crippen LogP contribution is 2.20. The molecule has 3 unspecified atom stereocenters. The second-order valence-corrected chi connectivity index (χ2v) is 8.15. The predicted octanol–water partition coefficient (Wildman–Crippen LogP) is 0.0291. The molecule has 1 rings (SSSR count). The van der Waals surface area contributed by atoms with Crippen LogP contribution in [-0.4, -0.2) is 66.7 Å². The number of hydrogen-bond donors (Lipinski definition) is 2. The first-order chi connectivity index (χ1) is 9.31. The fourth-order valence-electron chi connectivity index (χ4n) is 2.41. The van der Waals surface area contributed by atoms with E-state index in [0.29, 0.717) is 13.0 Å². The zero-order valence-electron chi connectivity index (χ0n) is 12.2. The summed E-state index contributed by atoms with van der Waals surface area (Å²) < 4.78 is 24.8. The average Bonchev–Trinajstić information content (AvgIpc) is 2.39.